The third-order valence-electron chi connectivity index (χ3n) is 10.2. The Kier molecular flexibility index (Phi) is 14.5. The van der Waals surface area contributed by atoms with E-state index in [2.05, 4.69) is 37.7 Å². The first-order valence-corrected chi connectivity index (χ1v) is 22.5. The number of pyridine rings is 1. The number of hydrogen-bond donors (Lipinski definition) is 3. The molecule has 6 rings (SSSR count). The van der Waals surface area contributed by atoms with E-state index in [-0.39, 0.29) is 61.0 Å². The van der Waals surface area contributed by atoms with Crippen LogP contribution in [0.1, 0.15) is 60.2 Å². The standard InChI is InChI=1S/C41H37ClF10N8O4S2/c1-38(2,66(4)64)11-9-24-5-6-25(26-7-8-28(42)31-33(26)59(20-40(47,48)49)57-36(31)60(65-3)37(63)53-13-14-61)32(54-24)29(17-21-15-22(43)18-23(44)16-21)55-30(62)19-58-35-27(10-12-39(35,45)46)34(56-58)41(50,51)52/h5-8,15-16,18,29,61H,10,12-14,17,19-20H2,1-4H3,(H,53,63)(H,55,62). The molecule has 1 aliphatic rings. The minimum atomic E-state index is -5.17. The predicted octanol–water partition coefficient (Wildman–Crippen LogP) is 8.24. The zero-order valence-electron chi connectivity index (χ0n) is 34.9. The number of halogens is 11. The summed E-state index contributed by atoms with van der Waals surface area (Å²) in [6.07, 6.45) is -9.59. The lowest BCUT2D eigenvalue weighted by atomic mass is 9.93. The molecule has 3 amide bonds. The molecule has 3 aromatic heterocycles. The zero-order chi connectivity index (χ0) is 48.7. The van der Waals surface area contributed by atoms with Gasteiger partial charge in [-0.25, -0.2) is 22.9 Å². The summed E-state index contributed by atoms with van der Waals surface area (Å²) in [7, 11) is -1.53. The molecule has 66 heavy (non-hydrogen) atoms. The summed E-state index contributed by atoms with van der Waals surface area (Å²) < 4.78 is 158. The van der Waals surface area contributed by atoms with Crippen molar-refractivity contribution in [2.45, 2.75) is 75.3 Å². The quantitative estimate of drug-likeness (QED) is 0.0608. The molecule has 0 saturated heterocycles. The number of fused-ring (bicyclic) bond motifs is 2. The first-order valence-electron chi connectivity index (χ1n) is 19.4. The van der Waals surface area contributed by atoms with Crippen LogP contribution in [0.4, 0.5) is 54.5 Å². The van der Waals surface area contributed by atoms with E-state index in [1.54, 1.807) is 13.8 Å². The van der Waals surface area contributed by atoms with E-state index in [1.807, 2.05) is 0 Å². The van der Waals surface area contributed by atoms with Crippen LogP contribution >= 0.6 is 23.5 Å². The number of aliphatic hydroxyl groups excluding tert-OH is 1. The minimum Gasteiger partial charge on any atom is -0.395 e. The summed E-state index contributed by atoms with van der Waals surface area (Å²) in [6, 6.07) is 4.93. The fourth-order valence-corrected chi connectivity index (χ4v) is 8.14. The summed E-state index contributed by atoms with van der Waals surface area (Å²) >= 11 is 7.39. The van der Waals surface area contributed by atoms with E-state index in [4.69, 9.17) is 11.6 Å². The third kappa shape index (κ3) is 10.9. The normalized spacial score (nSPS) is 14.7. The molecule has 12 nitrogen and oxygen atoms in total. The second-order valence-corrected chi connectivity index (χ2v) is 18.4. The number of alkyl halides is 8. The Hall–Kier alpha value is -5.38. The Morgan fingerprint density at radius 1 is 1.03 bits per heavy atom. The maximum atomic E-state index is 15.1. The van der Waals surface area contributed by atoms with Crippen LogP contribution in [0.25, 0.3) is 22.0 Å². The fraction of sp³-hybridized carbons (Fsp3) is 0.390. The van der Waals surface area contributed by atoms with Gasteiger partial charge in [0, 0.05) is 59.0 Å². The smallest absolute Gasteiger partial charge is 0.395 e. The molecular formula is C41H37ClF10N8O4S2. The first-order chi connectivity index (χ1) is 30.7. The van der Waals surface area contributed by atoms with Gasteiger partial charge in [0.15, 0.2) is 11.5 Å². The molecule has 0 radical (unpaired) electrons. The monoisotopic (exact) mass is 994 g/mol. The molecule has 1 aliphatic carbocycles. The van der Waals surface area contributed by atoms with E-state index >= 15 is 8.78 Å². The van der Waals surface area contributed by atoms with Gasteiger partial charge in [0.1, 0.15) is 40.9 Å². The number of anilines is 1. The van der Waals surface area contributed by atoms with Crippen LogP contribution in [0.2, 0.25) is 5.02 Å². The average molecular weight is 995 g/mol. The molecule has 5 aromatic rings. The SMILES string of the molecule is CSN(C(=O)NCCO)c1nn(CC(F)(F)F)c2c(-c3ccc(C#CC(C)(C)S(C)=O)nc3C(Cc3cc(F)cc(F)c3)NC(=O)Cn3nc(C(F)(F)F)c4c3C(F)(F)CC4)ccc(Cl)c12. The van der Waals surface area contributed by atoms with Crippen molar-refractivity contribution in [2.24, 2.45) is 0 Å². The highest BCUT2D eigenvalue weighted by Gasteiger charge is 2.50. The van der Waals surface area contributed by atoms with Crippen molar-refractivity contribution in [3.8, 4) is 23.0 Å². The van der Waals surface area contributed by atoms with E-state index in [1.165, 1.54) is 36.8 Å². The number of amides is 3. The number of aromatic nitrogens is 5. The number of urea groups is 1. The lowest BCUT2D eigenvalue weighted by molar-refractivity contribution is -0.142. The molecule has 0 saturated carbocycles. The summed E-state index contributed by atoms with van der Waals surface area (Å²) in [5.41, 5.74) is -4.66. The van der Waals surface area contributed by atoms with E-state index in [0.29, 0.717) is 10.7 Å². The Labute approximate surface area is 381 Å². The van der Waals surface area contributed by atoms with Crippen molar-refractivity contribution < 1.29 is 62.8 Å². The van der Waals surface area contributed by atoms with Gasteiger partial charge in [-0.3, -0.25) is 18.4 Å². The molecular weight excluding hydrogens is 958 g/mol. The second-order valence-electron chi connectivity index (χ2n) is 15.3. The van der Waals surface area contributed by atoms with Crippen LogP contribution in [0.5, 0.6) is 0 Å². The van der Waals surface area contributed by atoms with Gasteiger partial charge >= 0.3 is 18.4 Å². The summed E-state index contributed by atoms with van der Waals surface area (Å²) in [5, 5.41) is 21.3. The average Bonchev–Trinajstić information content (AvgIpc) is 3.87. The van der Waals surface area contributed by atoms with Gasteiger partial charge in [-0.2, -0.15) is 45.3 Å². The van der Waals surface area contributed by atoms with Crippen molar-refractivity contribution in [1.29, 1.82) is 0 Å². The number of nitrogens with one attached hydrogen (secondary N) is 2. The van der Waals surface area contributed by atoms with E-state index in [0.717, 1.165) is 28.4 Å². The molecule has 0 fully saturated rings. The number of carbonyl (C=O) groups excluding carboxylic acids is 2. The van der Waals surface area contributed by atoms with Crippen LogP contribution in [-0.4, -0.2) is 82.4 Å². The Morgan fingerprint density at radius 2 is 1.70 bits per heavy atom. The van der Waals surface area contributed by atoms with Gasteiger partial charge in [0.2, 0.25) is 5.91 Å². The summed E-state index contributed by atoms with van der Waals surface area (Å²) in [5.74, 6) is -2.01. The highest BCUT2D eigenvalue weighted by atomic mass is 35.5. The van der Waals surface area contributed by atoms with Gasteiger partial charge < -0.3 is 15.7 Å². The molecule has 25 heteroatoms. The third-order valence-corrected chi connectivity index (χ3v) is 12.8. The van der Waals surface area contributed by atoms with Crippen LogP contribution in [0.15, 0.2) is 42.5 Å². The van der Waals surface area contributed by atoms with Crippen molar-refractivity contribution in [3.05, 3.63) is 93.0 Å². The van der Waals surface area contributed by atoms with Gasteiger partial charge in [-0.1, -0.05) is 23.6 Å². The number of benzene rings is 2. The largest absolute Gasteiger partial charge is 0.435 e. The predicted molar refractivity (Wildman–Crippen MR) is 226 cm³/mol. The minimum absolute atomic E-state index is 0.0971. The number of carbonyl (C=O) groups is 2. The van der Waals surface area contributed by atoms with Crippen molar-refractivity contribution in [2.75, 3.05) is 30.0 Å². The van der Waals surface area contributed by atoms with Crippen molar-refractivity contribution in [1.82, 2.24) is 35.2 Å². The van der Waals surface area contributed by atoms with Crippen LogP contribution in [0, 0.1) is 23.5 Å². The second kappa shape index (κ2) is 19.1. The van der Waals surface area contributed by atoms with Crippen LogP contribution < -0.4 is 14.9 Å². The molecule has 3 N–H and O–H groups in total. The Morgan fingerprint density at radius 3 is 2.30 bits per heavy atom. The summed E-state index contributed by atoms with van der Waals surface area (Å²) in [4.78, 5) is 31.9. The first kappa shape index (κ1) is 50.0. The molecule has 3 heterocycles. The van der Waals surface area contributed by atoms with Gasteiger partial charge in [-0.05, 0) is 80.5 Å². The number of rotatable bonds is 13. The number of hydrogen-bond acceptors (Lipinski definition) is 8. The van der Waals surface area contributed by atoms with Crippen LogP contribution in [-0.2, 0) is 53.6 Å². The Balaban J connectivity index is 1.62. The lowest BCUT2D eigenvalue weighted by Gasteiger charge is -2.23. The summed E-state index contributed by atoms with van der Waals surface area (Å²) in [6.45, 7) is -0.617. The van der Waals surface area contributed by atoms with Gasteiger partial charge in [-0.15, -0.1) is 0 Å². The van der Waals surface area contributed by atoms with Gasteiger partial charge in [0.25, 0.3) is 5.92 Å². The van der Waals surface area contributed by atoms with Crippen molar-refractivity contribution in [3.63, 3.8) is 0 Å². The molecule has 2 atom stereocenters. The zero-order valence-corrected chi connectivity index (χ0v) is 37.3. The Bertz CT molecular complexity index is 2770. The number of nitrogens with zero attached hydrogens (tertiary/aromatic N) is 6. The molecule has 354 valence electrons. The molecule has 2 unspecified atom stereocenters. The molecule has 0 aliphatic heterocycles. The molecule has 2 aromatic carbocycles. The maximum absolute atomic E-state index is 15.1. The molecule has 0 bridgehead atoms. The number of aliphatic hydroxyl groups is 1. The highest BCUT2D eigenvalue weighted by molar-refractivity contribution is 8.00. The van der Waals surface area contributed by atoms with Crippen molar-refractivity contribution >= 4 is 63.0 Å². The van der Waals surface area contributed by atoms with Crippen LogP contribution in [0.3, 0.4) is 0 Å². The molecule has 0 spiro atoms. The fourth-order valence-electron chi connectivity index (χ4n) is 7.17. The van der Waals surface area contributed by atoms with E-state index < -0.39 is 119 Å². The maximum Gasteiger partial charge on any atom is 0.435 e. The highest BCUT2D eigenvalue weighted by Crippen LogP contribution is 2.47. The van der Waals surface area contributed by atoms with E-state index in [9.17, 15) is 54.0 Å². The lowest BCUT2D eigenvalue weighted by Crippen LogP contribution is -2.37. The topological polar surface area (TPSA) is 147 Å². The van der Waals surface area contributed by atoms with Gasteiger partial charge in [0.05, 0.1) is 34.3 Å².